The Labute approximate surface area is 40.5 Å². The van der Waals surface area contributed by atoms with Gasteiger partial charge in [0, 0.05) is 0 Å². The molecule has 0 aromatic heterocycles. The highest BCUT2D eigenvalue weighted by Crippen LogP contribution is 1.87. The zero-order chi connectivity index (χ0) is 4.99. The molecule has 2 radical (unpaired) electrons. The van der Waals surface area contributed by atoms with Crippen LogP contribution >= 0.6 is 0 Å². The Balaban J connectivity index is 2.63. The number of nitrogens with one attached hydrogen (secondary N) is 1. The molecule has 0 heterocycles. The predicted molar refractivity (Wildman–Crippen MR) is 29.1 cm³/mol. The summed E-state index contributed by atoms with van der Waals surface area (Å²) in [6.07, 6.45) is 0. The minimum atomic E-state index is 0.287. The van der Waals surface area contributed by atoms with E-state index in [9.17, 15) is 0 Å². The first-order valence-corrected chi connectivity index (χ1v) is 2.17. The van der Waals surface area contributed by atoms with Crippen molar-refractivity contribution in [2.24, 2.45) is 0 Å². The first-order chi connectivity index (χ1) is 2.77. The van der Waals surface area contributed by atoms with Gasteiger partial charge in [-0.3, -0.25) is 0 Å². The second-order valence-electron chi connectivity index (χ2n) is 1.53. The molecule has 0 aromatic carbocycles. The molecule has 6 heavy (non-hydrogen) atoms. The molecule has 34 valence electrons. The molecule has 0 aliphatic carbocycles. The zero-order valence-electron chi connectivity index (χ0n) is 4.36. The maximum Gasteiger partial charge on any atom is 0.0713 e. The highest BCUT2D eigenvalue weighted by atomic mass is 14.8. The van der Waals surface area contributed by atoms with Gasteiger partial charge in [0.05, 0.1) is 7.85 Å². The topological polar surface area (TPSA) is 12.0 Å². The predicted octanol–water partition coefficient (Wildman–Crippen LogP) is 0.183. The summed E-state index contributed by atoms with van der Waals surface area (Å²) in [6, 6.07) is 0. The van der Waals surface area contributed by atoms with E-state index in [1.165, 1.54) is 0 Å². The molecule has 0 amide bonds. The summed E-state index contributed by atoms with van der Waals surface area (Å²) in [5.74, 6) is 0.287. The van der Waals surface area contributed by atoms with Gasteiger partial charge in [0.1, 0.15) is 0 Å². The van der Waals surface area contributed by atoms with Crippen LogP contribution in [0, 0.1) is 0 Å². The second-order valence-corrected chi connectivity index (χ2v) is 1.53. The molecule has 1 unspecified atom stereocenters. The lowest BCUT2D eigenvalue weighted by Crippen LogP contribution is -2.11. The molecule has 0 spiro atoms. The smallest absolute Gasteiger partial charge is 0.0713 e. The Morgan fingerprint density at radius 3 is 2.33 bits per heavy atom. The number of hydrogen-bond donors (Lipinski definition) is 1. The molecular weight excluding hydrogens is 72.9 g/mol. The van der Waals surface area contributed by atoms with E-state index < -0.39 is 0 Å². The third-order valence-corrected chi connectivity index (χ3v) is 0.526. The van der Waals surface area contributed by atoms with Crippen LogP contribution in [0.25, 0.3) is 0 Å². The monoisotopic (exact) mass is 83.1 g/mol. The molecule has 0 aliphatic heterocycles. The van der Waals surface area contributed by atoms with Crippen LogP contribution in [0.4, 0.5) is 0 Å². The van der Waals surface area contributed by atoms with Gasteiger partial charge in [-0.25, -0.2) is 0 Å². The Morgan fingerprint density at radius 2 is 2.33 bits per heavy atom. The molecule has 0 saturated carbocycles. The molecule has 0 rings (SSSR count). The molecule has 0 aliphatic rings. The third-order valence-electron chi connectivity index (χ3n) is 0.526. The van der Waals surface area contributed by atoms with Gasteiger partial charge in [-0.2, -0.15) is 0 Å². The van der Waals surface area contributed by atoms with E-state index in [4.69, 9.17) is 7.85 Å². The SMILES string of the molecule is [B]C(C)CNC. The Bertz CT molecular complexity index is 28.7. The van der Waals surface area contributed by atoms with E-state index in [1.807, 2.05) is 14.0 Å². The Morgan fingerprint density at radius 1 is 1.83 bits per heavy atom. The van der Waals surface area contributed by atoms with E-state index in [2.05, 4.69) is 5.32 Å². The molecule has 0 bridgehead atoms. The van der Waals surface area contributed by atoms with E-state index in [-0.39, 0.29) is 5.82 Å². The molecule has 0 fully saturated rings. The summed E-state index contributed by atoms with van der Waals surface area (Å²) in [6.45, 7) is 2.87. The molecule has 1 N–H and O–H groups in total. The molecule has 0 aromatic rings. The van der Waals surface area contributed by atoms with Crippen molar-refractivity contribution in [2.75, 3.05) is 13.6 Å². The lowest BCUT2D eigenvalue weighted by Gasteiger charge is -1.98. The lowest BCUT2D eigenvalue weighted by molar-refractivity contribution is 0.770. The van der Waals surface area contributed by atoms with Crippen LogP contribution in [-0.4, -0.2) is 21.4 Å². The van der Waals surface area contributed by atoms with Gasteiger partial charge in [0.25, 0.3) is 0 Å². The normalized spacial score (nSPS) is 14.3. The Hall–Kier alpha value is 0.0249. The first kappa shape index (κ1) is 6.02. The zero-order valence-corrected chi connectivity index (χ0v) is 4.36. The van der Waals surface area contributed by atoms with Crippen molar-refractivity contribution in [2.45, 2.75) is 12.7 Å². The van der Waals surface area contributed by atoms with Crippen molar-refractivity contribution in [3.8, 4) is 0 Å². The average Bonchev–Trinajstić information content (AvgIpc) is 1.35. The molecule has 0 saturated heterocycles. The number of hydrogen-bond acceptors (Lipinski definition) is 1. The molecule has 1 atom stereocenters. The van der Waals surface area contributed by atoms with Crippen LogP contribution in [0.3, 0.4) is 0 Å². The van der Waals surface area contributed by atoms with Crippen LogP contribution in [0.1, 0.15) is 6.92 Å². The minimum Gasteiger partial charge on any atom is -0.320 e. The van der Waals surface area contributed by atoms with Crippen molar-refractivity contribution in [3.05, 3.63) is 0 Å². The largest absolute Gasteiger partial charge is 0.320 e. The van der Waals surface area contributed by atoms with Crippen LogP contribution in [-0.2, 0) is 0 Å². The van der Waals surface area contributed by atoms with Crippen LogP contribution in [0.15, 0.2) is 0 Å². The summed E-state index contributed by atoms with van der Waals surface area (Å²) < 4.78 is 0. The Kier molecular flexibility index (Phi) is 3.24. The summed E-state index contributed by atoms with van der Waals surface area (Å²) in [7, 11) is 7.23. The van der Waals surface area contributed by atoms with Crippen molar-refractivity contribution in [1.29, 1.82) is 0 Å². The van der Waals surface area contributed by atoms with E-state index in [1.54, 1.807) is 0 Å². The fourth-order valence-corrected chi connectivity index (χ4v) is 0.322. The van der Waals surface area contributed by atoms with Gasteiger partial charge in [0.2, 0.25) is 0 Å². The quantitative estimate of drug-likeness (QED) is 0.469. The minimum absolute atomic E-state index is 0.287. The summed E-state index contributed by atoms with van der Waals surface area (Å²) in [5, 5.41) is 2.94. The lowest BCUT2D eigenvalue weighted by atomic mass is 9.90. The van der Waals surface area contributed by atoms with Crippen LogP contribution in [0.2, 0.25) is 5.82 Å². The van der Waals surface area contributed by atoms with E-state index >= 15 is 0 Å². The van der Waals surface area contributed by atoms with Gasteiger partial charge >= 0.3 is 0 Å². The van der Waals surface area contributed by atoms with Crippen LogP contribution in [0.5, 0.6) is 0 Å². The molecule has 2 heteroatoms. The van der Waals surface area contributed by atoms with Gasteiger partial charge in [-0.05, 0) is 13.6 Å². The van der Waals surface area contributed by atoms with Crippen LogP contribution < -0.4 is 5.32 Å². The highest BCUT2D eigenvalue weighted by Gasteiger charge is 1.84. The van der Waals surface area contributed by atoms with Gasteiger partial charge in [-0.1, -0.05) is 12.7 Å². The fourth-order valence-electron chi connectivity index (χ4n) is 0.322. The van der Waals surface area contributed by atoms with Crippen molar-refractivity contribution in [1.82, 2.24) is 5.32 Å². The highest BCUT2D eigenvalue weighted by molar-refractivity contribution is 6.11. The maximum atomic E-state index is 5.34. The fraction of sp³-hybridized carbons (Fsp3) is 1.00. The van der Waals surface area contributed by atoms with Crippen molar-refractivity contribution >= 4 is 7.85 Å². The summed E-state index contributed by atoms with van der Waals surface area (Å²) >= 11 is 0. The molecule has 1 nitrogen and oxygen atoms in total. The summed E-state index contributed by atoms with van der Waals surface area (Å²) in [5.41, 5.74) is 0. The summed E-state index contributed by atoms with van der Waals surface area (Å²) in [4.78, 5) is 0. The van der Waals surface area contributed by atoms with Crippen molar-refractivity contribution in [3.63, 3.8) is 0 Å². The molecular formula is C4H10BN. The third kappa shape index (κ3) is 4.02. The van der Waals surface area contributed by atoms with Gasteiger partial charge < -0.3 is 5.32 Å². The second kappa shape index (κ2) is 3.22. The average molecular weight is 82.9 g/mol. The standard InChI is InChI=1S/C4H10BN/c1-4(5)3-6-2/h4,6H,3H2,1-2H3. The first-order valence-electron chi connectivity index (χ1n) is 2.17. The number of rotatable bonds is 2. The van der Waals surface area contributed by atoms with Gasteiger partial charge in [-0.15, -0.1) is 0 Å². The van der Waals surface area contributed by atoms with E-state index in [0.717, 1.165) is 6.54 Å². The van der Waals surface area contributed by atoms with Gasteiger partial charge in [0.15, 0.2) is 0 Å². The van der Waals surface area contributed by atoms with Crippen molar-refractivity contribution < 1.29 is 0 Å². The maximum absolute atomic E-state index is 5.34. The van der Waals surface area contributed by atoms with E-state index in [0.29, 0.717) is 0 Å².